The maximum absolute atomic E-state index is 10.4. The van der Waals surface area contributed by atoms with Crippen LogP contribution in [0.15, 0.2) is 36.9 Å². The average molecular weight is 222 g/mol. The summed E-state index contributed by atoms with van der Waals surface area (Å²) in [5.74, 6) is 0. The maximum Gasteiger partial charge on any atom is 0.211 e. The molecule has 76 valence electrons. The molecule has 0 unspecified atom stereocenters. The van der Waals surface area contributed by atoms with Gasteiger partial charge in [-0.2, -0.15) is 0 Å². The van der Waals surface area contributed by atoms with Crippen molar-refractivity contribution < 1.29 is 4.79 Å². The Hall–Kier alpha value is -1.81. The number of amides is 1. The van der Waals surface area contributed by atoms with Gasteiger partial charge < -0.3 is 9.88 Å². The van der Waals surface area contributed by atoms with Crippen LogP contribution in [0.1, 0.15) is 0 Å². The normalized spacial score (nSPS) is 9.93. The van der Waals surface area contributed by atoms with Crippen LogP contribution >= 0.6 is 11.6 Å². The lowest BCUT2D eigenvalue weighted by molar-refractivity contribution is -0.105. The van der Waals surface area contributed by atoms with Crippen LogP contribution in [0.25, 0.3) is 5.69 Å². The van der Waals surface area contributed by atoms with Crippen molar-refractivity contribution in [3.63, 3.8) is 0 Å². The lowest BCUT2D eigenvalue weighted by atomic mass is 10.2. The topological polar surface area (TPSA) is 46.9 Å². The van der Waals surface area contributed by atoms with E-state index in [1.807, 2.05) is 6.07 Å². The van der Waals surface area contributed by atoms with Gasteiger partial charge in [0.05, 0.1) is 17.7 Å². The first-order valence-electron chi connectivity index (χ1n) is 4.29. The number of imidazole rings is 1. The number of halogens is 1. The van der Waals surface area contributed by atoms with E-state index in [0.717, 1.165) is 5.69 Å². The number of nitrogens with zero attached hydrogens (tertiary/aromatic N) is 2. The molecular weight excluding hydrogens is 214 g/mol. The van der Waals surface area contributed by atoms with E-state index in [2.05, 4.69) is 10.3 Å². The standard InChI is InChI=1S/C10H8ClN3O/c11-8-1-2-10(9(5-8)13-7-15)14-4-3-12-6-14/h1-7H,(H,13,15). The van der Waals surface area contributed by atoms with Gasteiger partial charge in [-0.1, -0.05) is 11.6 Å². The number of aromatic nitrogens is 2. The van der Waals surface area contributed by atoms with Gasteiger partial charge >= 0.3 is 0 Å². The molecule has 5 heteroatoms. The van der Waals surface area contributed by atoms with Crippen molar-refractivity contribution >= 4 is 23.7 Å². The fraction of sp³-hybridized carbons (Fsp3) is 0. The number of carbonyl (C=O) groups excluding carboxylic acids is 1. The predicted molar refractivity (Wildman–Crippen MR) is 58.3 cm³/mol. The Morgan fingerprint density at radius 2 is 2.33 bits per heavy atom. The Bertz CT molecular complexity index is 468. The van der Waals surface area contributed by atoms with Crippen molar-refractivity contribution in [1.82, 2.24) is 9.55 Å². The van der Waals surface area contributed by atoms with Crippen LogP contribution in [-0.4, -0.2) is 16.0 Å². The zero-order chi connectivity index (χ0) is 10.7. The summed E-state index contributed by atoms with van der Waals surface area (Å²) in [5, 5.41) is 3.16. The molecule has 0 aliphatic rings. The molecule has 0 saturated heterocycles. The minimum Gasteiger partial charge on any atom is -0.327 e. The van der Waals surface area contributed by atoms with E-state index in [-0.39, 0.29) is 0 Å². The molecule has 2 aromatic rings. The van der Waals surface area contributed by atoms with Crippen molar-refractivity contribution in [3.8, 4) is 5.69 Å². The minimum absolute atomic E-state index is 0.572. The molecule has 1 aromatic heterocycles. The van der Waals surface area contributed by atoms with E-state index in [1.54, 1.807) is 35.4 Å². The highest BCUT2D eigenvalue weighted by atomic mass is 35.5. The Kier molecular flexibility index (Phi) is 2.69. The van der Waals surface area contributed by atoms with Crippen LogP contribution in [0.3, 0.4) is 0 Å². The minimum atomic E-state index is 0.572. The smallest absolute Gasteiger partial charge is 0.211 e. The Morgan fingerprint density at radius 1 is 1.47 bits per heavy atom. The first-order chi connectivity index (χ1) is 7.31. The van der Waals surface area contributed by atoms with Crippen LogP contribution in [0.5, 0.6) is 0 Å². The fourth-order valence-electron chi connectivity index (χ4n) is 1.31. The number of hydrogen-bond acceptors (Lipinski definition) is 2. The molecule has 0 bridgehead atoms. The lowest BCUT2D eigenvalue weighted by Gasteiger charge is -2.08. The van der Waals surface area contributed by atoms with Gasteiger partial charge in [-0.3, -0.25) is 4.79 Å². The zero-order valence-corrected chi connectivity index (χ0v) is 8.48. The number of rotatable bonds is 3. The average Bonchev–Trinajstić information content (AvgIpc) is 2.71. The third kappa shape index (κ3) is 1.99. The van der Waals surface area contributed by atoms with Gasteiger partial charge in [0, 0.05) is 17.4 Å². The van der Waals surface area contributed by atoms with Gasteiger partial charge in [0.25, 0.3) is 0 Å². The van der Waals surface area contributed by atoms with Crippen LogP contribution < -0.4 is 5.32 Å². The van der Waals surface area contributed by atoms with E-state index in [1.165, 1.54) is 0 Å². The van der Waals surface area contributed by atoms with Gasteiger partial charge in [-0.25, -0.2) is 4.98 Å². The number of nitrogens with one attached hydrogen (secondary N) is 1. The Balaban J connectivity index is 2.50. The quantitative estimate of drug-likeness (QED) is 0.807. The van der Waals surface area contributed by atoms with Gasteiger partial charge in [0.1, 0.15) is 0 Å². The van der Waals surface area contributed by atoms with E-state index >= 15 is 0 Å². The lowest BCUT2D eigenvalue weighted by Crippen LogP contribution is -2.00. The summed E-state index contributed by atoms with van der Waals surface area (Å²) in [6.45, 7) is 0. The molecule has 0 aliphatic heterocycles. The molecule has 4 nitrogen and oxygen atoms in total. The van der Waals surface area contributed by atoms with Gasteiger partial charge in [-0.05, 0) is 18.2 Å². The van der Waals surface area contributed by atoms with E-state index < -0.39 is 0 Å². The molecule has 0 aliphatic carbocycles. The van der Waals surface area contributed by atoms with Gasteiger partial charge in [-0.15, -0.1) is 0 Å². The molecule has 1 N–H and O–H groups in total. The van der Waals surface area contributed by atoms with E-state index in [4.69, 9.17) is 11.6 Å². The molecule has 0 radical (unpaired) electrons. The summed E-state index contributed by atoms with van der Waals surface area (Å²) in [6, 6.07) is 5.26. The highest BCUT2D eigenvalue weighted by molar-refractivity contribution is 6.31. The first kappa shape index (κ1) is 9.73. The molecule has 1 heterocycles. The van der Waals surface area contributed by atoms with Gasteiger partial charge in [0.2, 0.25) is 6.41 Å². The molecule has 2 rings (SSSR count). The van der Waals surface area contributed by atoms with Crippen LogP contribution in [0.2, 0.25) is 5.02 Å². The van der Waals surface area contributed by atoms with Crippen molar-refractivity contribution in [2.45, 2.75) is 0 Å². The maximum atomic E-state index is 10.4. The van der Waals surface area contributed by atoms with Crippen molar-refractivity contribution in [2.24, 2.45) is 0 Å². The Labute approximate surface area is 91.5 Å². The second-order valence-electron chi connectivity index (χ2n) is 2.89. The summed E-state index contributed by atoms with van der Waals surface area (Å²) in [5.41, 5.74) is 1.47. The molecular formula is C10H8ClN3O. The molecule has 1 aromatic carbocycles. The molecule has 1 amide bonds. The summed E-state index contributed by atoms with van der Waals surface area (Å²) in [7, 11) is 0. The summed E-state index contributed by atoms with van der Waals surface area (Å²) < 4.78 is 1.79. The van der Waals surface area contributed by atoms with Crippen molar-refractivity contribution in [3.05, 3.63) is 41.9 Å². The Morgan fingerprint density at radius 3 is 3.00 bits per heavy atom. The van der Waals surface area contributed by atoms with Crippen molar-refractivity contribution in [1.29, 1.82) is 0 Å². The second-order valence-corrected chi connectivity index (χ2v) is 3.33. The molecule has 0 fully saturated rings. The number of anilines is 1. The van der Waals surface area contributed by atoms with Gasteiger partial charge in [0.15, 0.2) is 0 Å². The third-order valence-corrected chi connectivity index (χ3v) is 2.19. The van der Waals surface area contributed by atoms with Crippen LogP contribution in [0, 0.1) is 0 Å². The number of hydrogen-bond donors (Lipinski definition) is 1. The summed E-state index contributed by atoms with van der Waals surface area (Å²) in [4.78, 5) is 14.4. The summed E-state index contributed by atoms with van der Waals surface area (Å²) in [6.07, 6.45) is 5.73. The number of benzene rings is 1. The molecule has 15 heavy (non-hydrogen) atoms. The highest BCUT2D eigenvalue weighted by Crippen LogP contribution is 2.23. The number of carbonyl (C=O) groups is 1. The first-order valence-corrected chi connectivity index (χ1v) is 4.67. The second kappa shape index (κ2) is 4.14. The van der Waals surface area contributed by atoms with Crippen LogP contribution in [0.4, 0.5) is 5.69 Å². The highest BCUT2D eigenvalue weighted by Gasteiger charge is 2.04. The van der Waals surface area contributed by atoms with Crippen molar-refractivity contribution in [2.75, 3.05) is 5.32 Å². The molecule has 0 atom stereocenters. The van der Waals surface area contributed by atoms with E-state index in [0.29, 0.717) is 17.1 Å². The predicted octanol–water partition coefficient (Wildman–Crippen LogP) is 2.09. The summed E-state index contributed by atoms with van der Waals surface area (Å²) >= 11 is 5.83. The zero-order valence-electron chi connectivity index (χ0n) is 7.72. The third-order valence-electron chi connectivity index (χ3n) is 1.96. The monoisotopic (exact) mass is 221 g/mol. The largest absolute Gasteiger partial charge is 0.327 e. The molecule has 0 spiro atoms. The van der Waals surface area contributed by atoms with E-state index in [9.17, 15) is 4.79 Å². The van der Waals surface area contributed by atoms with Crippen LogP contribution in [-0.2, 0) is 4.79 Å². The fourth-order valence-corrected chi connectivity index (χ4v) is 1.49. The molecule has 0 saturated carbocycles. The SMILES string of the molecule is O=CNc1cc(Cl)ccc1-n1ccnc1.